The molecular weight excluding hydrogens is 409 g/mol. The van der Waals surface area contributed by atoms with Gasteiger partial charge in [-0.3, -0.25) is 9.59 Å². The smallest absolute Gasteiger partial charge is 0.457 e. The molecule has 3 aliphatic carbocycles. The van der Waals surface area contributed by atoms with Gasteiger partial charge in [0.2, 0.25) is 5.91 Å². The van der Waals surface area contributed by atoms with E-state index < -0.39 is 23.5 Å². The standard InChI is InChI=1S/C21H26FN3O6/c1-13-16(31-19(28)30-13)12-29-18(27)20-2-5-21(6-3-20,7-4-20)24-10-17(26)25-11-14(22)8-15(25)9-23/h14-15,24H,2-8,10-12H2,1H3/t14-,15-,20?,21?/m0/s1. The number of nitrogens with one attached hydrogen (secondary N) is 1. The number of aryl methyl sites for hydroxylation is 1. The van der Waals surface area contributed by atoms with E-state index in [1.165, 1.54) is 4.90 Å². The molecule has 1 N–H and O–H groups in total. The van der Waals surface area contributed by atoms with E-state index >= 15 is 0 Å². The predicted octanol–water partition coefficient (Wildman–Crippen LogP) is 1.73. The van der Waals surface area contributed by atoms with Gasteiger partial charge in [-0.25, -0.2) is 9.18 Å². The number of amides is 1. The van der Waals surface area contributed by atoms with Crippen molar-refractivity contribution in [2.75, 3.05) is 13.1 Å². The van der Waals surface area contributed by atoms with Gasteiger partial charge < -0.3 is 23.8 Å². The van der Waals surface area contributed by atoms with Crippen molar-refractivity contribution < 1.29 is 27.6 Å². The van der Waals surface area contributed by atoms with E-state index in [4.69, 9.17) is 18.8 Å². The van der Waals surface area contributed by atoms with Crippen LogP contribution in [0.2, 0.25) is 0 Å². The third kappa shape index (κ3) is 4.11. The Balaban J connectivity index is 1.30. The number of rotatable bonds is 6. The zero-order valence-electron chi connectivity index (χ0n) is 17.4. The molecular formula is C21H26FN3O6. The average Bonchev–Trinajstić information content (AvgIpc) is 3.32. The summed E-state index contributed by atoms with van der Waals surface area (Å²) in [7, 11) is 0. The van der Waals surface area contributed by atoms with Crippen molar-refractivity contribution in [2.45, 2.75) is 76.2 Å². The number of alkyl halides is 1. The van der Waals surface area contributed by atoms with Crippen LogP contribution in [0, 0.1) is 23.7 Å². The van der Waals surface area contributed by atoms with E-state index in [0.717, 1.165) is 19.3 Å². The summed E-state index contributed by atoms with van der Waals surface area (Å²) in [4.78, 5) is 37.8. The summed E-state index contributed by atoms with van der Waals surface area (Å²) in [5, 5.41) is 12.5. The molecule has 10 heteroatoms. The fourth-order valence-electron chi connectivity index (χ4n) is 5.09. The van der Waals surface area contributed by atoms with Crippen molar-refractivity contribution in [1.82, 2.24) is 10.2 Å². The Hall–Kier alpha value is -2.67. The number of nitrogens with zero attached hydrogens (tertiary/aromatic N) is 2. The molecule has 0 unspecified atom stereocenters. The lowest BCUT2D eigenvalue weighted by atomic mass is 9.57. The SMILES string of the molecule is Cc1oc(=O)oc1COC(=O)C12CCC(NCC(=O)N3C[C@@H](F)C[C@H]3C#N)(CC1)CC2. The molecule has 4 fully saturated rings. The number of carbonyl (C=O) groups is 2. The molecule has 0 spiro atoms. The maximum absolute atomic E-state index is 13.6. The number of carbonyl (C=O) groups excluding carboxylic acids is 2. The van der Waals surface area contributed by atoms with Gasteiger partial charge in [-0.05, 0) is 45.4 Å². The van der Waals surface area contributed by atoms with E-state index in [9.17, 15) is 18.8 Å². The molecule has 1 aromatic rings. The van der Waals surface area contributed by atoms with Crippen LogP contribution in [0.15, 0.2) is 13.6 Å². The molecule has 1 saturated heterocycles. The Morgan fingerprint density at radius 3 is 2.52 bits per heavy atom. The first kappa shape index (κ1) is 21.6. The monoisotopic (exact) mass is 435 g/mol. The van der Waals surface area contributed by atoms with Crippen LogP contribution in [0.4, 0.5) is 4.39 Å². The van der Waals surface area contributed by atoms with Crippen LogP contribution in [-0.4, -0.2) is 47.6 Å². The van der Waals surface area contributed by atoms with Crippen molar-refractivity contribution in [3.8, 4) is 6.07 Å². The number of hydrogen-bond donors (Lipinski definition) is 1. The molecule has 4 aliphatic rings. The second-order valence-corrected chi connectivity index (χ2v) is 8.95. The van der Waals surface area contributed by atoms with Crippen molar-refractivity contribution in [3.05, 3.63) is 22.1 Å². The molecule has 0 aromatic carbocycles. The largest absolute Gasteiger partial charge is 0.519 e. The maximum Gasteiger partial charge on any atom is 0.519 e. The number of ether oxygens (including phenoxy) is 1. The van der Waals surface area contributed by atoms with Gasteiger partial charge in [-0.15, -0.1) is 0 Å². The number of nitriles is 1. The van der Waals surface area contributed by atoms with Crippen LogP contribution in [0.25, 0.3) is 0 Å². The number of hydrogen-bond acceptors (Lipinski definition) is 8. The van der Waals surface area contributed by atoms with Gasteiger partial charge in [0.05, 0.1) is 24.6 Å². The summed E-state index contributed by atoms with van der Waals surface area (Å²) in [5.41, 5.74) is -0.795. The minimum absolute atomic E-state index is 0.0308. The van der Waals surface area contributed by atoms with Crippen LogP contribution in [0.1, 0.15) is 56.5 Å². The average molecular weight is 435 g/mol. The topological polar surface area (TPSA) is 126 Å². The third-order valence-electron chi connectivity index (χ3n) is 7.18. The van der Waals surface area contributed by atoms with Gasteiger partial charge in [-0.2, -0.15) is 5.26 Å². The first-order valence-electron chi connectivity index (χ1n) is 10.6. The van der Waals surface area contributed by atoms with Gasteiger partial charge in [0.1, 0.15) is 12.2 Å². The van der Waals surface area contributed by atoms with Crippen LogP contribution < -0.4 is 11.1 Å². The molecule has 168 valence electrons. The predicted molar refractivity (Wildman–Crippen MR) is 103 cm³/mol. The number of esters is 1. The fraction of sp³-hybridized carbons (Fsp3) is 0.714. The van der Waals surface area contributed by atoms with Crippen molar-refractivity contribution in [1.29, 1.82) is 5.26 Å². The van der Waals surface area contributed by atoms with Crippen LogP contribution in [0.5, 0.6) is 0 Å². The molecule has 31 heavy (non-hydrogen) atoms. The molecule has 1 amide bonds. The quantitative estimate of drug-likeness (QED) is 0.670. The first-order chi connectivity index (χ1) is 14.8. The lowest BCUT2D eigenvalue weighted by molar-refractivity contribution is -0.166. The zero-order valence-corrected chi connectivity index (χ0v) is 17.4. The van der Waals surface area contributed by atoms with Crippen LogP contribution in [-0.2, 0) is 20.9 Å². The second kappa shape index (κ2) is 8.11. The van der Waals surface area contributed by atoms with E-state index in [0.29, 0.717) is 25.0 Å². The third-order valence-corrected chi connectivity index (χ3v) is 7.18. The molecule has 1 aliphatic heterocycles. The molecule has 9 nitrogen and oxygen atoms in total. The minimum Gasteiger partial charge on any atom is -0.457 e. The highest BCUT2D eigenvalue weighted by atomic mass is 19.1. The van der Waals surface area contributed by atoms with E-state index in [-0.39, 0.29) is 49.3 Å². The lowest BCUT2D eigenvalue weighted by Crippen LogP contribution is -2.58. The summed E-state index contributed by atoms with van der Waals surface area (Å²) in [6, 6.07) is 1.29. The first-order valence-corrected chi connectivity index (χ1v) is 10.6. The second-order valence-electron chi connectivity index (χ2n) is 8.95. The molecule has 1 aromatic heterocycles. The summed E-state index contributed by atoms with van der Waals surface area (Å²) >= 11 is 0. The van der Waals surface area contributed by atoms with Gasteiger partial charge >= 0.3 is 11.8 Å². The summed E-state index contributed by atoms with van der Waals surface area (Å²) < 4.78 is 28.7. The maximum atomic E-state index is 13.6. The molecule has 2 heterocycles. The van der Waals surface area contributed by atoms with Gasteiger partial charge in [0, 0.05) is 12.0 Å². The Labute approximate surface area is 178 Å². The Morgan fingerprint density at radius 2 is 1.94 bits per heavy atom. The molecule has 5 rings (SSSR count). The van der Waals surface area contributed by atoms with Gasteiger partial charge in [0.25, 0.3) is 0 Å². The molecule has 2 atom stereocenters. The van der Waals surface area contributed by atoms with Crippen LogP contribution >= 0.6 is 0 Å². The van der Waals surface area contributed by atoms with E-state index in [2.05, 4.69) is 5.32 Å². The Morgan fingerprint density at radius 1 is 1.26 bits per heavy atom. The van der Waals surface area contributed by atoms with Crippen LogP contribution in [0.3, 0.4) is 0 Å². The van der Waals surface area contributed by atoms with Crippen molar-refractivity contribution in [2.24, 2.45) is 5.41 Å². The fourth-order valence-corrected chi connectivity index (χ4v) is 5.09. The molecule has 3 saturated carbocycles. The lowest BCUT2D eigenvalue weighted by Gasteiger charge is -2.52. The summed E-state index contributed by atoms with van der Waals surface area (Å²) in [6.07, 6.45) is 3.00. The van der Waals surface area contributed by atoms with E-state index in [1.807, 2.05) is 6.07 Å². The summed E-state index contributed by atoms with van der Waals surface area (Å²) in [5.74, 6) is -0.877. The van der Waals surface area contributed by atoms with Gasteiger partial charge in [-0.1, -0.05) is 0 Å². The zero-order chi connectivity index (χ0) is 22.2. The Bertz CT molecular complexity index is 939. The van der Waals surface area contributed by atoms with Crippen molar-refractivity contribution in [3.63, 3.8) is 0 Å². The van der Waals surface area contributed by atoms with Crippen molar-refractivity contribution >= 4 is 11.9 Å². The highest BCUT2D eigenvalue weighted by Gasteiger charge is 2.53. The minimum atomic E-state index is -1.15. The molecule has 2 bridgehead atoms. The number of halogens is 1. The Kier molecular flexibility index (Phi) is 5.64. The number of fused-ring (bicyclic) bond motifs is 3. The normalized spacial score (nSPS) is 32.1. The highest BCUT2D eigenvalue weighted by molar-refractivity contribution is 5.80. The summed E-state index contributed by atoms with van der Waals surface area (Å²) in [6.45, 7) is 1.46. The van der Waals surface area contributed by atoms with Gasteiger partial charge in [0.15, 0.2) is 18.1 Å². The highest BCUT2D eigenvalue weighted by Crippen LogP contribution is 2.53. The number of likely N-dealkylation sites (tertiary alicyclic amines) is 1. The molecule has 0 radical (unpaired) electrons. The van der Waals surface area contributed by atoms with E-state index in [1.54, 1.807) is 6.92 Å².